The fraction of sp³-hybridized carbons (Fsp3) is 0.500. The van der Waals surface area contributed by atoms with Crippen molar-refractivity contribution in [2.75, 3.05) is 13.1 Å². The van der Waals surface area contributed by atoms with Gasteiger partial charge in [-0.15, -0.1) is 0 Å². The molecule has 1 aliphatic carbocycles. The largest absolute Gasteiger partial charge is 0.338 e. The van der Waals surface area contributed by atoms with Crippen LogP contribution in [0.25, 0.3) is 0 Å². The lowest BCUT2D eigenvalue weighted by Gasteiger charge is -2.16. The Morgan fingerprint density at radius 1 is 1.18 bits per heavy atom. The Morgan fingerprint density at radius 2 is 1.95 bits per heavy atom. The van der Waals surface area contributed by atoms with Crippen LogP contribution >= 0.6 is 0 Å². The van der Waals surface area contributed by atoms with Crippen molar-refractivity contribution in [2.45, 2.75) is 38.0 Å². The van der Waals surface area contributed by atoms with Crippen LogP contribution in [0, 0.1) is 6.92 Å². The molecule has 3 heterocycles. The molecular formula is C16H19N5O. The van der Waals surface area contributed by atoms with E-state index in [1.165, 1.54) is 12.8 Å². The minimum Gasteiger partial charge on any atom is -0.338 e. The Balaban J connectivity index is 1.46. The van der Waals surface area contributed by atoms with Crippen molar-refractivity contribution in [3.05, 3.63) is 41.2 Å². The molecule has 0 aromatic carbocycles. The molecule has 1 saturated carbocycles. The van der Waals surface area contributed by atoms with E-state index >= 15 is 0 Å². The first-order valence-corrected chi connectivity index (χ1v) is 7.83. The lowest BCUT2D eigenvalue weighted by atomic mass is 10.0. The lowest BCUT2D eigenvalue weighted by Crippen LogP contribution is -2.28. The number of hydrogen-bond donors (Lipinski definition) is 1. The van der Waals surface area contributed by atoms with Crippen LogP contribution in [0.5, 0.6) is 0 Å². The van der Waals surface area contributed by atoms with Gasteiger partial charge >= 0.3 is 0 Å². The zero-order chi connectivity index (χ0) is 15.1. The van der Waals surface area contributed by atoms with Gasteiger partial charge in [0, 0.05) is 43.0 Å². The number of amides is 1. The van der Waals surface area contributed by atoms with Gasteiger partial charge in [-0.3, -0.25) is 9.89 Å². The van der Waals surface area contributed by atoms with Gasteiger partial charge in [0.1, 0.15) is 5.82 Å². The van der Waals surface area contributed by atoms with Crippen molar-refractivity contribution in [1.29, 1.82) is 0 Å². The summed E-state index contributed by atoms with van der Waals surface area (Å²) in [5.74, 6) is 1.77. The van der Waals surface area contributed by atoms with Crippen LogP contribution in [0.1, 0.15) is 58.5 Å². The predicted molar refractivity (Wildman–Crippen MR) is 80.6 cm³/mol. The molecule has 114 valence electrons. The van der Waals surface area contributed by atoms with Crippen LogP contribution in [-0.4, -0.2) is 44.1 Å². The first kappa shape index (κ1) is 13.4. The molecule has 0 spiro atoms. The number of likely N-dealkylation sites (tertiary alicyclic amines) is 1. The summed E-state index contributed by atoms with van der Waals surface area (Å²) in [6.45, 7) is 3.55. The highest BCUT2D eigenvalue weighted by molar-refractivity contribution is 5.93. The van der Waals surface area contributed by atoms with Crippen molar-refractivity contribution >= 4 is 5.91 Å². The predicted octanol–water partition coefficient (Wildman–Crippen LogP) is 2.02. The number of carbonyl (C=O) groups is 1. The molecule has 0 radical (unpaired) electrons. The van der Waals surface area contributed by atoms with Crippen LogP contribution in [0.4, 0.5) is 0 Å². The third kappa shape index (κ3) is 2.38. The van der Waals surface area contributed by atoms with Crippen molar-refractivity contribution < 1.29 is 4.79 Å². The molecule has 2 aliphatic rings. The molecule has 0 unspecified atom stereocenters. The van der Waals surface area contributed by atoms with Gasteiger partial charge in [-0.05, 0) is 31.7 Å². The van der Waals surface area contributed by atoms with Crippen molar-refractivity contribution in [3.8, 4) is 0 Å². The number of aryl methyl sites for hydroxylation is 1. The van der Waals surface area contributed by atoms with Gasteiger partial charge in [0.25, 0.3) is 5.91 Å². The molecule has 2 fully saturated rings. The summed E-state index contributed by atoms with van der Waals surface area (Å²) < 4.78 is 0. The summed E-state index contributed by atoms with van der Waals surface area (Å²) in [4.78, 5) is 23.1. The Bertz CT molecular complexity index is 689. The van der Waals surface area contributed by atoms with Crippen molar-refractivity contribution in [2.24, 2.45) is 0 Å². The van der Waals surface area contributed by atoms with Gasteiger partial charge in [-0.2, -0.15) is 5.10 Å². The smallest absolute Gasteiger partial charge is 0.257 e. The number of rotatable bonds is 3. The highest BCUT2D eigenvalue weighted by Crippen LogP contribution is 2.37. The third-order valence-corrected chi connectivity index (χ3v) is 4.61. The van der Waals surface area contributed by atoms with E-state index in [1.807, 2.05) is 18.0 Å². The van der Waals surface area contributed by atoms with Gasteiger partial charge in [0.05, 0.1) is 11.8 Å². The maximum Gasteiger partial charge on any atom is 0.257 e. The molecule has 2 aromatic rings. The topological polar surface area (TPSA) is 74.8 Å². The Morgan fingerprint density at radius 3 is 2.59 bits per heavy atom. The minimum atomic E-state index is 0.0296. The Hall–Kier alpha value is -2.24. The van der Waals surface area contributed by atoms with Crippen molar-refractivity contribution in [3.63, 3.8) is 0 Å². The summed E-state index contributed by atoms with van der Waals surface area (Å²) in [7, 11) is 0. The Labute approximate surface area is 129 Å². The monoisotopic (exact) mass is 297 g/mol. The fourth-order valence-electron chi connectivity index (χ4n) is 3.13. The maximum atomic E-state index is 12.6. The van der Waals surface area contributed by atoms with E-state index in [4.69, 9.17) is 0 Å². The summed E-state index contributed by atoms with van der Waals surface area (Å²) in [5, 5.41) is 7.14. The number of nitrogens with zero attached hydrogens (tertiary/aromatic N) is 4. The molecule has 6 heteroatoms. The zero-order valence-corrected chi connectivity index (χ0v) is 12.6. The van der Waals surface area contributed by atoms with E-state index in [0.29, 0.717) is 17.4 Å². The van der Waals surface area contributed by atoms with E-state index in [-0.39, 0.29) is 5.91 Å². The van der Waals surface area contributed by atoms with Crippen LogP contribution < -0.4 is 0 Å². The molecule has 6 nitrogen and oxygen atoms in total. The number of H-pyrrole nitrogens is 1. The van der Waals surface area contributed by atoms with E-state index < -0.39 is 0 Å². The molecule has 0 bridgehead atoms. The average molecular weight is 297 g/mol. The molecule has 22 heavy (non-hydrogen) atoms. The summed E-state index contributed by atoms with van der Waals surface area (Å²) >= 11 is 0. The molecule has 2 aromatic heterocycles. The second-order valence-electron chi connectivity index (χ2n) is 6.31. The van der Waals surface area contributed by atoms with E-state index in [9.17, 15) is 4.79 Å². The molecule has 1 aliphatic heterocycles. The van der Waals surface area contributed by atoms with Gasteiger partial charge in [-0.1, -0.05) is 0 Å². The number of aromatic amines is 1. The second kappa shape index (κ2) is 5.19. The minimum absolute atomic E-state index is 0.0296. The first-order chi connectivity index (χ1) is 10.7. The Kier molecular flexibility index (Phi) is 3.17. The quantitative estimate of drug-likeness (QED) is 0.940. The van der Waals surface area contributed by atoms with E-state index in [2.05, 4.69) is 20.2 Å². The number of nitrogens with one attached hydrogen (secondary N) is 1. The molecule has 1 saturated heterocycles. The van der Waals surface area contributed by atoms with E-state index in [1.54, 1.807) is 12.4 Å². The standard InChI is InChI=1S/C16H19N5O/c1-10-6-19-20-14(10)12-4-5-21(9-12)16(22)13-7-17-15(18-8-13)11-2-3-11/h6-8,11-12H,2-5,9H2,1H3,(H,19,20)/t12-/m1/s1. The van der Waals surface area contributed by atoms with Crippen LogP contribution in [0.3, 0.4) is 0 Å². The number of aromatic nitrogens is 4. The molecule has 1 amide bonds. The van der Waals surface area contributed by atoms with Gasteiger partial charge in [0.2, 0.25) is 0 Å². The normalized spacial score (nSPS) is 21.3. The van der Waals surface area contributed by atoms with Gasteiger partial charge < -0.3 is 4.90 Å². The highest BCUT2D eigenvalue weighted by Gasteiger charge is 2.31. The molecule has 1 N–H and O–H groups in total. The van der Waals surface area contributed by atoms with E-state index in [0.717, 1.165) is 36.6 Å². The first-order valence-electron chi connectivity index (χ1n) is 7.83. The summed E-state index contributed by atoms with van der Waals surface area (Å²) in [6, 6.07) is 0. The summed E-state index contributed by atoms with van der Waals surface area (Å²) in [6.07, 6.45) is 8.50. The van der Waals surface area contributed by atoms with Crippen LogP contribution in [0.15, 0.2) is 18.6 Å². The summed E-state index contributed by atoms with van der Waals surface area (Å²) in [5.41, 5.74) is 2.90. The second-order valence-corrected chi connectivity index (χ2v) is 6.31. The van der Waals surface area contributed by atoms with Crippen molar-refractivity contribution in [1.82, 2.24) is 25.1 Å². The SMILES string of the molecule is Cc1cn[nH]c1[C@@H]1CCN(C(=O)c2cnc(C3CC3)nc2)C1. The zero-order valence-electron chi connectivity index (χ0n) is 12.6. The third-order valence-electron chi connectivity index (χ3n) is 4.61. The van der Waals surface area contributed by atoms with Gasteiger partial charge in [-0.25, -0.2) is 9.97 Å². The molecular weight excluding hydrogens is 278 g/mol. The highest BCUT2D eigenvalue weighted by atomic mass is 16.2. The fourth-order valence-corrected chi connectivity index (χ4v) is 3.13. The number of hydrogen-bond acceptors (Lipinski definition) is 4. The maximum absolute atomic E-state index is 12.6. The van der Waals surface area contributed by atoms with Gasteiger partial charge in [0.15, 0.2) is 0 Å². The van der Waals surface area contributed by atoms with Crippen LogP contribution in [0.2, 0.25) is 0 Å². The average Bonchev–Trinajstić information content (AvgIpc) is 3.13. The molecule has 4 rings (SSSR count). The lowest BCUT2D eigenvalue weighted by molar-refractivity contribution is 0.0789. The van der Waals surface area contributed by atoms with Crippen LogP contribution in [-0.2, 0) is 0 Å². The molecule has 1 atom stereocenters. The number of carbonyl (C=O) groups excluding carboxylic acids is 1.